The number of hydrogen-bond acceptors (Lipinski definition) is 4. The summed E-state index contributed by atoms with van der Waals surface area (Å²) in [5.74, 6) is 2.59. The van der Waals surface area contributed by atoms with Crippen molar-refractivity contribution in [2.45, 2.75) is 13.5 Å². The third-order valence-corrected chi connectivity index (χ3v) is 3.26. The zero-order chi connectivity index (χ0) is 17.9. The van der Waals surface area contributed by atoms with E-state index in [0.717, 1.165) is 5.56 Å². The molecule has 1 aromatic heterocycles. The van der Waals surface area contributed by atoms with Gasteiger partial charge in [0.25, 0.3) is 0 Å². The average Bonchev–Trinajstić information content (AvgIpc) is 2.65. The van der Waals surface area contributed by atoms with Crippen LogP contribution in [-0.2, 0) is 6.54 Å². The van der Waals surface area contributed by atoms with E-state index >= 15 is 0 Å². The smallest absolute Gasteiger partial charge is 0.219 e. The molecule has 0 spiro atoms. The van der Waals surface area contributed by atoms with E-state index in [1.54, 1.807) is 19.3 Å². The Morgan fingerprint density at radius 2 is 2.00 bits per heavy atom. The van der Waals surface area contributed by atoms with E-state index in [1.807, 2.05) is 43.3 Å². The van der Waals surface area contributed by atoms with Gasteiger partial charge in [-0.15, -0.1) is 6.58 Å². The number of para-hydroxylation sites is 2. The molecule has 6 nitrogen and oxygen atoms in total. The maximum absolute atomic E-state index is 5.81. The van der Waals surface area contributed by atoms with Crippen molar-refractivity contribution in [2.24, 2.45) is 4.99 Å². The molecule has 6 heteroatoms. The highest BCUT2D eigenvalue weighted by atomic mass is 16.5. The Hall–Kier alpha value is -3.02. The Labute approximate surface area is 148 Å². The summed E-state index contributed by atoms with van der Waals surface area (Å²) in [4.78, 5) is 8.48. The van der Waals surface area contributed by atoms with Crippen LogP contribution in [0.3, 0.4) is 0 Å². The van der Waals surface area contributed by atoms with E-state index in [2.05, 4.69) is 27.2 Å². The van der Waals surface area contributed by atoms with Gasteiger partial charge >= 0.3 is 0 Å². The van der Waals surface area contributed by atoms with Gasteiger partial charge < -0.3 is 20.1 Å². The molecule has 0 bridgehead atoms. The van der Waals surface area contributed by atoms with Gasteiger partial charge in [0.05, 0.1) is 6.61 Å². The minimum atomic E-state index is 0.519. The van der Waals surface area contributed by atoms with Crippen LogP contribution in [0.15, 0.2) is 60.2 Å². The van der Waals surface area contributed by atoms with Gasteiger partial charge in [0.15, 0.2) is 17.5 Å². The summed E-state index contributed by atoms with van der Waals surface area (Å²) >= 11 is 0. The maximum Gasteiger partial charge on any atom is 0.219 e. The van der Waals surface area contributed by atoms with Crippen molar-refractivity contribution in [3.05, 3.63) is 60.8 Å². The molecular formula is C19H24N4O2. The molecule has 1 heterocycles. The molecule has 0 amide bonds. The molecule has 0 aliphatic heterocycles. The first-order chi connectivity index (χ1) is 12.3. The monoisotopic (exact) mass is 340 g/mol. The third-order valence-electron chi connectivity index (χ3n) is 3.26. The number of rotatable bonds is 8. The summed E-state index contributed by atoms with van der Waals surface area (Å²) in [5.41, 5.74) is 1.02. The van der Waals surface area contributed by atoms with Crippen LogP contribution in [0.2, 0.25) is 0 Å². The van der Waals surface area contributed by atoms with Crippen LogP contribution in [0.25, 0.3) is 0 Å². The molecule has 0 radical (unpaired) electrons. The highest BCUT2D eigenvalue weighted by molar-refractivity contribution is 5.79. The molecule has 0 aliphatic rings. The number of guanidine groups is 1. The minimum Gasteiger partial charge on any atom is -0.490 e. The fraction of sp³-hybridized carbons (Fsp3) is 0.263. The number of ether oxygens (including phenoxy) is 2. The Bertz CT molecular complexity index is 699. The van der Waals surface area contributed by atoms with Crippen molar-refractivity contribution in [3.63, 3.8) is 0 Å². The first-order valence-corrected chi connectivity index (χ1v) is 8.16. The quantitative estimate of drug-likeness (QED) is 0.439. The molecule has 0 aliphatic carbocycles. The van der Waals surface area contributed by atoms with Crippen molar-refractivity contribution in [1.82, 2.24) is 15.6 Å². The Kier molecular flexibility index (Phi) is 7.31. The topological polar surface area (TPSA) is 67.8 Å². The van der Waals surface area contributed by atoms with Crippen molar-refractivity contribution in [3.8, 4) is 17.4 Å². The number of aliphatic imine (C=N–C) groups is 1. The van der Waals surface area contributed by atoms with Gasteiger partial charge in [-0.25, -0.2) is 4.98 Å². The molecule has 2 rings (SSSR count). The Morgan fingerprint density at radius 1 is 1.20 bits per heavy atom. The van der Waals surface area contributed by atoms with E-state index in [1.165, 1.54) is 0 Å². The fourth-order valence-electron chi connectivity index (χ4n) is 2.07. The number of aromatic nitrogens is 1. The van der Waals surface area contributed by atoms with Crippen LogP contribution in [0.5, 0.6) is 17.4 Å². The number of nitrogens with one attached hydrogen (secondary N) is 2. The summed E-state index contributed by atoms with van der Waals surface area (Å²) in [6, 6.07) is 11.3. The lowest BCUT2D eigenvalue weighted by Crippen LogP contribution is -2.36. The van der Waals surface area contributed by atoms with Crippen molar-refractivity contribution in [2.75, 3.05) is 20.2 Å². The molecule has 0 saturated carbocycles. The van der Waals surface area contributed by atoms with Crippen LogP contribution in [0.1, 0.15) is 12.5 Å². The SMILES string of the molecule is C=CCNC(=NC)NCc1ccc(Oc2ccccc2OCC)nc1. The lowest BCUT2D eigenvalue weighted by Gasteiger charge is -2.12. The normalized spacial score (nSPS) is 10.9. The molecule has 0 unspecified atom stereocenters. The summed E-state index contributed by atoms with van der Waals surface area (Å²) in [6.07, 6.45) is 3.55. The number of benzene rings is 1. The molecule has 0 saturated heterocycles. The molecule has 1 aromatic carbocycles. The molecule has 0 atom stereocenters. The van der Waals surface area contributed by atoms with Gasteiger partial charge in [-0.1, -0.05) is 24.3 Å². The van der Waals surface area contributed by atoms with Gasteiger partial charge in [0.1, 0.15) is 0 Å². The second-order valence-electron chi connectivity index (χ2n) is 5.08. The number of nitrogens with zero attached hydrogens (tertiary/aromatic N) is 2. The van der Waals surface area contributed by atoms with Crippen LogP contribution in [0.4, 0.5) is 0 Å². The Morgan fingerprint density at radius 3 is 2.64 bits per heavy atom. The maximum atomic E-state index is 5.81. The van der Waals surface area contributed by atoms with Gasteiger partial charge in [-0.2, -0.15) is 0 Å². The van der Waals surface area contributed by atoms with Gasteiger partial charge in [-0.3, -0.25) is 4.99 Å². The Balaban J connectivity index is 1.95. The summed E-state index contributed by atoms with van der Waals surface area (Å²) in [6.45, 7) is 7.46. The van der Waals surface area contributed by atoms with Crippen molar-refractivity contribution < 1.29 is 9.47 Å². The average molecular weight is 340 g/mol. The van der Waals surface area contributed by atoms with Crippen LogP contribution in [-0.4, -0.2) is 31.1 Å². The van der Waals surface area contributed by atoms with Gasteiger partial charge in [0, 0.05) is 32.4 Å². The molecule has 2 N–H and O–H groups in total. The zero-order valence-electron chi connectivity index (χ0n) is 14.7. The molecule has 2 aromatic rings. The first kappa shape index (κ1) is 18.3. The van der Waals surface area contributed by atoms with E-state index in [4.69, 9.17) is 9.47 Å². The van der Waals surface area contributed by atoms with Crippen molar-refractivity contribution >= 4 is 5.96 Å². The minimum absolute atomic E-state index is 0.519. The number of hydrogen-bond donors (Lipinski definition) is 2. The van der Waals surface area contributed by atoms with E-state index < -0.39 is 0 Å². The standard InChI is InChI=1S/C19H24N4O2/c1-4-12-21-19(20-3)23-14-15-10-11-18(22-13-15)25-17-9-7-6-8-16(17)24-5-2/h4,6-11,13H,1,5,12,14H2,2-3H3,(H2,20,21,23). The van der Waals surface area contributed by atoms with Crippen molar-refractivity contribution in [1.29, 1.82) is 0 Å². The van der Waals surface area contributed by atoms with E-state index in [9.17, 15) is 0 Å². The molecular weight excluding hydrogens is 316 g/mol. The number of pyridine rings is 1. The lowest BCUT2D eigenvalue weighted by molar-refractivity contribution is 0.319. The van der Waals surface area contributed by atoms with Crippen LogP contribution in [0, 0.1) is 0 Å². The summed E-state index contributed by atoms with van der Waals surface area (Å²) < 4.78 is 11.4. The third kappa shape index (κ3) is 5.84. The first-order valence-electron chi connectivity index (χ1n) is 8.16. The van der Waals surface area contributed by atoms with E-state index in [0.29, 0.717) is 43.0 Å². The second kappa shape index (κ2) is 9.97. The highest BCUT2D eigenvalue weighted by Crippen LogP contribution is 2.30. The summed E-state index contributed by atoms with van der Waals surface area (Å²) in [5, 5.41) is 6.32. The van der Waals surface area contributed by atoms with Crippen LogP contribution < -0.4 is 20.1 Å². The second-order valence-corrected chi connectivity index (χ2v) is 5.08. The summed E-state index contributed by atoms with van der Waals surface area (Å²) in [7, 11) is 1.73. The lowest BCUT2D eigenvalue weighted by atomic mass is 10.3. The van der Waals surface area contributed by atoms with Crippen LogP contribution >= 0.6 is 0 Å². The van der Waals surface area contributed by atoms with Gasteiger partial charge in [-0.05, 0) is 24.6 Å². The van der Waals surface area contributed by atoms with E-state index in [-0.39, 0.29) is 0 Å². The fourth-order valence-corrected chi connectivity index (χ4v) is 2.07. The zero-order valence-corrected chi connectivity index (χ0v) is 14.7. The predicted molar refractivity (Wildman–Crippen MR) is 100 cm³/mol. The predicted octanol–water partition coefficient (Wildman–Crippen LogP) is 3.12. The largest absolute Gasteiger partial charge is 0.490 e. The molecule has 0 fully saturated rings. The molecule has 132 valence electrons. The highest BCUT2D eigenvalue weighted by Gasteiger charge is 2.06. The molecule has 25 heavy (non-hydrogen) atoms. The van der Waals surface area contributed by atoms with Gasteiger partial charge in [0.2, 0.25) is 5.88 Å².